The van der Waals surface area contributed by atoms with Crippen molar-refractivity contribution < 1.29 is 0 Å². The van der Waals surface area contributed by atoms with Gasteiger partial charge in [0.25, 0.3) is 0 Å². The first-order valence-electron chi connectivity index (χ1n) is 9.27. The van der Waals surface area contributed by atoms with Crippen LogP contribution in [0.5, 0.6) is 0 Å². The van der Waals surface area contributed by atoms with Crippen LogP contribution in [-0.4, -0.2) is 32.6 Å². The number of rotatable bonds is 5. The fourth-order valence-corrected chi connectivity index (χ4v) is 3.73. The minimum absolute atomic E-state index is 0.264. The Hall–Kier alpha value is -2.38. The van der Waals surface area contributed by atoms with Crippen molar-refractivity contribution >= 4 is 40.0 Å². The highest BCUT2D eigenvalue weighted by molar-refractivity contribution is 6.31. The molecule has 3 aromatic rings. The zero-order chi connectivity index (χ0) is 19.0. The van der Waals surface area contributed by atoms with E-state index in [0.29, 0.717) is 22.4 Å². The van der Waals surface area contributed by atoms with E-state index in [1.165, 1.54) is 0 Å². The van der Waals surface area contributed by atoms with Crippen LogP contribution >= 0.6 is 11.6 Å². The number of nitrogens with two attached hydrogens (primary N) is 1. The lowest BCUT2D eigenvalue weighted by Crippen LogP contribution is -2.13. The van der Waals surface area contributed by atoms with Crippen LogP contribution in [0.2, 0.25) is 5.02 Å². The first-order chi connectivity index (χ1) is 13.0. The van der Waals surface area contributed by atoms with Crippen LogP contribution in [-0.2, 0) is 6.42 Å². The summed E-state index contributed by atoms with van der Waals surface area (Å²) in [5.74, 6) is 2.07. The van der Waals surface area contributed by atoms with Crippen molar-refractivity contribution in [2.24, 2.45) is 5.92 Å². The third-order valence-corrected chi connectivity index (χ3v) is 5.06. The van der Waals surface area contributed by atoms with Gasteiger partial charge in [0, 0.05) is 28.9 Å². The summed E-state index contributed by atoms with van der Waals surface area (Å²) in [6.45, 7) is 6.31. The molecule has 4 N–H and O–H groups in total. The molecule has 8 heteroatoms. The summed E-state index contributed by atoms with van der Waals surface area (Å²) in [6, 6.07) is 5.64. The first kappa shape index (κ1) is 18.0. The summed E-state index contributed by atoms with van der Waals surface area (Å²) >= 11 is 6.15. The highest BCUT2D eigenvalue weighted by Gasteiger charge is 2.20. The van der Waals surface area contributed by atoms with E-state index in [1.807, 2.05) is 18.5 Å². The molecule has 7 nitrogen and oxygen atoms in total. The predicted molar refractivity (Wildman–Crippen MR) is 110 cm³/mol. The van der Waals surface area contributed by atoms with Gasteiger partial charge in [0.2, 0.25) is 0 Å². The third kappa shape index (κ3) is 3.84. The zero-order valence-corrected chi connectivity index (χ0v) is 16.3. The van der Waals surface area contributed by atoms with Gasteiger partial charge in [0.15, 0.2) is 17.0 Å². The minimum atomic E-state index is 0.264. The lowest BCUT2D eigenvalue weighted by Gasteiger charge is -2.13. The average molecular weight is 386 g/mol. The monoisotopic (exact) mass is 385 g/mol. The second-order valence-electron chi connectivity index (χ2n) is 7.37. The number of hydrogen-bond donors (Lipinski definition) is 3. The van der Waals surface area contributed by atoms with E-state index in [-0.39, 0.29) is 6.04 Å². The van der Waals surface area contributed by atoms with E-state index in [1.54, 1.807) is 6.07 Å². The first-order valence-corrected chi connectivity index (χ1v) is 9.64. The molecule has 27 heavy (non-hydrogen) atoms. The average Bonchev–Trinajstić information content (AvgIpc) is 3.23. The molecule has 1 aromatic carbocycles. The maximum atomic E-state index is 6.15. The van der Waals surface area contributed by atoms with E-state index >= 15 is 0 Å². The van der Waals surface area contributed by atoms with Crippen molar-refractivity contribution in [3.8, 4) is 0 Å². The molecular formula is C19H24ClN7. The van der Waals surface area contributed by atoms with Crippen molar-refractivity contribution in [2.75, 3.05) is 24.1 Å². The number of hydrogen-bond acceptors (Lipinski definition) is 6. The fraction of sp³-hybridized carbons (Fsp3) is 0.421. The van der Waals surface area contributed by atoms with E-state index in [4.69, 9.17) is 27.3 Å². The number of anilines is 3. The van der Waals surface area contributed by atoms with Crippen LogP contribution in [0.15, 0.2) is 24.5 Å². The highest BCUT2D eigenvalue weighted by Crippen LogP contribution is 2.28. The SMILES string of the molecule is CC(C)n1cnc2c(Nc3cc(N)cc(Cl)c3)nc(C[C@@H]3CCNC3)nc21. The largest absolute Gasteiger partial charge is 0.399 e. The maximum Gasteiger partial charge on any atom is 0.166 e. The molecular weight excluding hydrogens is 362 g/mol. The molecule has 0 amide bonds. The molecule has 3 heterocycles. The number of benzene rings is 1. The molecule has 1 saturated heterocycles. The second kappa shape index (κ2) is 7.32. The van der Waals surface area contributed by atoms with Gasteiger partial charge in [0.05, 0.1) is 6.33 Å². The number of nitrogen functional groups attached to an aromatic ring is 1. The quantitative estimate of drug-likeness (QED) is 0.581. The van der Waals surface area contributed by atoms with Gasteiger partial charge in [-0.3, -0.25) is 0 Å². The molecule has 1 atom stereocenters. The Morgan fingerprint density at radius 1 is 1.33 bits per heavy atom. The molecule has 2 aromatic heterocycles. The van der Waals surface area contributed by atoms with Crippen molar-refractivity contribution in [1.29, 1.82) is 0 Å². The third-order valence-electron chi connectivity index (χ3n) is 4.84. The number of halogens is 1. The molecule has 0 spiro atoms. The van der Waals surface area contributed by atoms with Crippen molar-refractivity contribution in [2.45, 2.75) is 32.7 Å². The molecule has 1 aliphatic heterocycles. The second-order valence-corrected chi connectivity index (χ2v) is 7.80. The Balaban J connectivity index is 1.76. The van der Waals surface area contributed by atoms with E-state index < -0.39 is 0 Å². The van der Waals surface area contributed by atoms with Gasteiger partial charge in [-0.1, -0.05) is 11.6 Å². The lowest BCUT2D eigenvalue weighted by molar-refractivity contribution is 0.560. The number of fused-ring (bicyclic) bond motifs is 1. The summed E-state index contributed by atoms with van der Waals surface area (Å²) in [7, 11) is 0. The Bertz CT molecular complexity index is 940. The highest BCUT2D eigenvalue weighted by atomic mass is 35.5. The summed E-state index contributed by atoms with van der Waals surface area (Å²) in [6.07, 6.45) is 3.82. The molecule has 0 unspecified atom stereocenters. The summed E-state index contributed by atoms with van der Waals surface area (Å²) in [4.78, 5) is 14.2. The number of aromatic nitrogens is 4. The zero-order valence-electron chi connectivity index (χ0n) is 15.5. The topological polar surface area (TPSA) is 93.7 Å². The van der Waals surface area contributed by atoms with Gasteiger partial charge >= 0.3 is 0 Å². The van der Waals surface area contributed by atoms with E-state index in [9.17, 15) is 0 Å². The van der Waals surface area contributed by atoms with Crippen LogP contribution in [0.25, 0.3) is 11.2 Å². The maximum absolute atomic E-state index is 6.15. The van der Waals surface area contributed by atoms with E-state index in [2.05, 4.69) is 34.0 Å². The summed E-state index contributed by atoms with van der Waals surface area (Å²) < 4.78 is 2.07. The lowest BCUT2D eigenvalue weighted by atomic mass is 10.0. The molecule has 142 valence electrons. The van der Waals surface area contributed by atoms with Crippen LogP contribution in [0, 0.1) is 5.92 Å². The van der Waals surface area contributed by atoms with Gasteiger partial charge in [-0.2, -0.15) is 0 Å². The Morgan fingerprint density at radius 3 is 2.89 bits per heavy atom. The minimum Gasteiger partial charge on any atom is -0.399 e. The molecule has 0 bridgehead atoms. The van der Waals surface area contributed by atoms with Crippen LogP contribution in [0.4, 0.5) is 17.2 Å². The molecule has 0 radical (unpaired) electrons. The van der Waals surface area contributed by atoms with E-state index in [0.717, 1.165) is 48.6 Å². The normalized spacial score (nSPS) is 17.1. The van der Waals surface area contributed by atoms with Crippen LogP contribution in [0.1, 0.15) is 32.1 Å². The van der Waals surface area contributed by atoms with Gasteiger partial charge < -0.3 is 20.9 Å². The predicted octanol–water partition coefficient (Wildman–Crippen LogP) is 3.54. The van der Waals surface area contributed by atoms with Crippen molar-refractivity contribution in [1.82, 2.24) is 24.8 Å². The summed E-state index contributed by atoms with van der Waals surface area (Å²) in [5, 5.41) is 7.32. The van der Waals surface area contributed by atoms with Gasteiger partial charge in [-0.25, -0.2) is 15.0 Å². The van der Waals surface area contributed by atoms with Crippen LogP contribution in [0.3, 0.4) is 0 Å². The number of imidazole rings is 1. The molecule has 0 saturated carbocycles. The Labute approximate surface area is 163 Å². The molecule has 4 rings (SSSR count). The number of nitrogens with zero attached hydrogens (tertiary/aromatic N) is 4. The van der Waals surface area contributed by atoms with Gasteiger partial charge in [-0.05, 0) is 57.5 Å². The number of nitrogens with one attached hydrogen (secondary N) is 2. The standard InChI is InChI=1S/C19H24ClN7/c1-11(2)27-10-23-17-18(24-15-7-13(20)6-14(21)8-15)25-16(26-19(17)27)5-12-3-4-22-9-12/h6-8,10-12,22H,3-5,9,21H2,1-2H3,(H,24,25,26)/t12-/m0/s1. The smallest absolute Gasteiger partial charge is 0.166 e. The van der Waals surface area contributed by atoms with Gasteiger partial charge in [0.1, 0.15) is 5.82 Å². The molecule has 0 aliphatic carbocycles. The Morgan fingerprint density at radius 2 is 2.19 bits per heavy atom. The Kier molecular flexibility index (Phi) is 4.88. The summed E-state index contributed by atoms with van der Waals surface area (Å²) in [5.41, 5.74) is 8.90. The molecule has 1 fully saturated rings. The molecule has 1 aliphatic rings. The van der Waals surface area contributed by atoms with Crippen molar-refractivity contribution in [3.05, 3.63) is 35.4 Å². The van der Waals surface area contributed by atoms with Crippen molar-refractivity contribution in [3.63, 3.8) is 0 Å². The fourth-order valence-electron chi connectivity index (χ4n) is 3.49. The van der Waals surface area contributed by atoms with Crippen LogP contribution < -0.4 is 16.4 Å². The van der Waals surface area contributed by atoms with Gasteiger partial charge in [-0.15, -0.1) is 0 Å².